The Morgan fingerprint density at radius 1 is 1.32 bits per heavy atom. The number of aromatic nitrogens is 3. The van der Waals surface area contributed by atoms with Gasteiger partial charge in [0, 0.05) is 17.1 Å². The molecule has 6 heteroatoms. The molecule has 0 atom stereocenters. The maximum Gasteiger partial charge on any atom is 0.225 e. The predicted molar refractivity (Wildman–Crippen MR) is 90.6 cm³/mol. The molecule has 2 heterocycles. The van der Waals surface area contributed by atoms with E-state index >= 15 is 0 Å². The summed E-state index contributed by atoms with van der Waals surface area (Å²) >= 11 is 3.25. The highest BCUT2D eigenvalue weighted by Crippen LogP contribution is 2.22. The molecule has 1 amide bonds. The molecule has 2 aromatic heterocycles. The van der Waals surface area contributed by atoms with Crippen molar-refractivity contribution >= 4 is 38.6 Å². The second-order valence-corrected chi connectivity index (χ2v) is 5.71. The second kappa shape index (κ2) is 6.27. The summed E-state index contributed by atoms with van der Waals surface area (Å²) in [6.45, 7) is 1.94. The number of pyridine rings is 1. The second-order valence-electron chi connectivity index (χ2n) is 4.92. The minimum atomic E-state index is -0.0360. The SMILES string of the molecule is Cc1nn(-c2ccccc2)c2ncc(NC(=O)CCBr)cc12. The van der Waals surface area contributed by atoms with Gasteiger partial charge in [0.1, 0.15) is 0 Å². The molecule has 112 valence electrons. The largest absolute Gasteiger partial charge is 0.325 e. The van der Waals surface area contributed by atoms with E-state index in [1.54, 1.807) is 6.20 Å². The first kappa shape index (κ1) is 14.7. The van der Waals surface area contributed by atoms with Gasteiger partial charge in [-0.15, -0.1) is 0 Å². The van der Waals surface area contributed by atoms with Gasteiger partial charge in [0.2, 0.25) is 5.91 Å². The number of carbonyl (C=O) groups is 1. The van der Waals surface area contributed by atoms with Crippen molar-refractivity contribution in [3.05, 3.63) is 48.3 Å². The van der Waals surface area contributed by atoms with E-state index in [0.717, 1.165) is 22.4 Å². The third kappa shape index (κ3) is 2.87. The average Bonchev–Trinajstić information content (AvgIpc) is 2.85. The fourth-order valence-corrected chi connectivity index (χ4v) is 2.63. The number of rotatable bonds is 4. The summed E-state index contributed by atoms with van der Waals surface area (Å²) in [5.74, 6) is -0.0360. The van der Waals surface area contributed by atoms with Crippen molar-refractivity contribution in [3.63, 3.8) is 0 Å². The first-order valence-corrected chi connectivity index (χ1v) is 8.08. The van der Waals surface area contributed by atoms with Gasteiger partial charge in [-0.3, -0.25) is 4.79 Å². The lowest BCUT2D eigenvalue weighted by Crippen LogP contribution is -2.11. The fourth-order valence-electron chi connectivity index (χ4n) is 2.27. The van der Waals surface area contributed by atoms with Crippen LogP contribution in [0, 0.1) is 6.92 Å². The third-order valence-corrected chi connectivity index (χ3v) is 3.71. The van der Waals surface area contributed by atoms with E-state index in [4.69, 9.17) is 0 Å². The molecule has 0 bridgehead atoms. The van der Waals surface area contributed by atoms with Gasteiger partial charge in [-0.05, 0) is 25.1 Å². The molecule has 1 N–H and O–H groups in total. The van der Waals surface area contributed by atoms with Crippen LogP contribution in [0.4, 0.5) is 5.69 Å². The molecule has 3 rings (SSSR count). The van der Waals surface area contributed by atoms with E-state index in [9.17, 15) is 4.79 Å². The van der Waals surface area contributed by atoms with Crippen molar-refractivity contribution in [2.45, 2.75) is 13.3 Å². The quantitative estimate of drug-likeness (QED) is 0.726. The average molecular weight is 359 g/mol. The number of aryl methyl sites for hydroxylation is 1. The van der Waals surface area contributed by atoms with Gasteiger partial charge in [0.15, 0.2) is 5.65 Å². The molecule has 0 spiro atoms. The normalized spacial score (nSPS) is 10.8. The van der Waals surface area contributed by atoms with Crippen LogP contribution in [0.5, 0.6) is 0 Å². The van der Waals surface area contributed by atoms with E-state index in [1.807, 2.05) is 48.0 Å². The van der Waals surface area contributed by atoms with Crippen LogP contribution in [0.1, 0.15) is 12.1 Å². The summed E-state index contributed by atoms with van der Waals surface area (Å²) in [5, 5.41) is 8.96. The van der Waals surface area contributed by atoms with Crippen molar-refractivity contribution in [1.82, 2.24) is 14.8 Å². The predicted octanol–water partition coefficient (Wildman–Crippen LogP) is 3.45. The summed E-state index contributed by atoms with van der Waals surface area (Å²) in [7, 11) is 0. The van der Waals surface area contributed by atoms with Crippen LogP contribution >= 0.6 is 15.9 Å². The molecule has 5 nitrogen and oxygen atoms in total. The molecule has 3 aromatic rings. The number of para-hydroxylation sites is 1. The van der Waals surface area contributed by atoms with Gasteiger partial charge in [-0.25, -0.2) is 9.67 Å². The van der Waals surface area contributed by atoms with E-state index in [-0.39, 0.29) is 5.91 Å². The van der Waals surface area contributed by atoms with Crippen LogP contribution in [0.2, 0.25) is 0 Å². The van der Waals surface area contributed by atoms with Crippen molar-refractivity contribution in [2.75, 3.05) is 10.6 Å². The first-order valence-electron chi connectivity index (χ1n) is 6.95. The molecular formula is C16H15BrN4O. The Balaban J connectivity index is 2.00. The van der Waals surface area contributed by atoms with E-state index in [0.29, 0.717) is 17.4 Å². The van der Waals surface area contributed by atoms with Gasteiger partial charge in [0.25, 0.3) is 0 Å². The Hall–Kier alpha value is -2.21. The topological polar surface area (TPSA) is 59.8 Å². The maximum absolute atomic E-state index is 11.7. The molecule has 1 aromatic carbocycles. The maximum atomic E-state index is 11.7. The third-order valence-electron chi connectivity index (χ3n) is 3.31. The van der Waals surface area contributed by atoms with E-state index < -0.39 is 0 Å². The highest BCUT2D eigenvalue weighted by atomic mass is 79.9. The summed E-state index contributed by atoms with van der Waals surface area (Å²) in [5.41, 5.74) is 3.31. The molecule has 0 aliphatic carbocycles. The molecule has 22 heavy (non-hydrogen) atoms. The summed E-state index contributed by atoms with van der Waals surface area (Å²) in [6.07, 6.45) is 2.09. The number of amides is 1. The number of hydrogen-bond acceptors (Lipinski definition) is 3. The molecular weight excluding hydrogens is 344 g/mol. The molecule has 0 saturated heterocycles. The number of fused-ring (bicyclic) bond motifs is 1. The number of alkyl halides is 1. The van der Waals surface area contributed by atoms with Crippen LogP contribution in [-0.4, -0.2) is 26.0 Å². The summed E-state index contributed by atoms with van der Waals surface area (Å²) < 4.78 is 1.81. The molecule has 0 saturated carbocycles. The smallest absolute Gasteiger partial charge is 0.225 e. The number of nitrogens with zero attached hydrogens (tertiary/aromatic N) is 3. The molecule has 0 aliphatic rings. The number of hydrogen-bond donors (Lipinski definition) is 1. The number of halogens is 1. The zero-order valence-electron chi connectivity index (χ0n) is 12.1. The lowest BCUT2D eigenvalue weighted by molar-refractivity contribution is -0.115. The van der Waals surface area contributed by atoms with E-state index in [2.05, 4.69) is 31.3 Å². The van der Waals surface area contributed by atoms with Crippen molar-refractivity contribution in [1.29, 1.82) is 0 Å². The van der Waals surface area contributed by atoms with Crippen LogP contribution in [0.15, 0.2) is 42.6 Å². The van der Waals surface area contributed by atoms with Crippen LogP contribution in [0.25, 0.3) is 16.7 Å². The number of carbonyl (C=O) groups excluding carboxylic acids is 1. The Bertz CT molecular complexity index is 814. The molecule has 0 radical (unpaired) electrons. The van der Waals surface area contributed by atoms with Gasteiger partial charge in [-0.2, -0.15) is 5.10 Å². The number of anilines is 1. The lowest BCUT2D eigenvalue weighted by Gasteiger charge is -2.05. The fraction of sp³-hybridized carbons (Fsp3) is 0.188. The van der Waals surface area contributed by atoms with Gasteiger partial charge in [-0.1, -0.05) is 34.1 Å². The van der Waals surface area contributed by atoms with Gasteiger partial charge >= 0.3 is 0 Å². The zero-order valence-corrected chi connectivity index (χ0v) is 13.7. The van der Waals surface area contributed by atoms with E-state index in [1.165, 1.54) is 0 Å². The van der Waals surface area contributed by atoms with Gasteiger partial charge < -0.3 is 5.32 Å². The highest BCUT2D eigenvalue weighted by Gasteiger charge is 2.11. The van der Waals surface area contributed by atoms with Crippen LogP contribution in [-0.2, 0) is 4.79 Å². The minimum absolute atomic E-state index is 0.0360. The Morgan fingerprint density at radius 2 is 2.09 bits per heavy atom. The molecule has 0 fully saturated rings. The first-order chi connectivity index (χ1) is 10.7. The number of nitrogens with one attached hydrogen (secondary N) is 1. The standard InChI is InChI=1S/C16H15BrN4O/c1-11-14-9-12(19-15(22)7-8-17)10-18-16(14)21(20-11)13-5-3-2-4-6-13/h2-6,9-10H,7-8H2,1H3,(H,19,22). The summed E-state index contributed by atoms with van der Waals surface area (Å²) in [6, 6.07) is 11.8. The Kier molecular flexibility index (Phi) is 4.20. The van der Waals surface area contributed by atoms with Crippen molar-refractivity contribution < 1.29 is 4.79 Å². The van der Waals surface area contributed by atoms with Crippen molar-refractivity contribution in [2.24, 2.45) is 0 Å². The molecule has 0 aliphatic heterocycles. The van der Waals surface area contributed by atoms with Crippen LogP contribution < -0.4 is 5.32 Å². The van der Waals surface area contributed by atoms with Gasteiger partial charge in [0.05, 0.1) is 23.3 Å². The van der Waals surface area contributed by atoms with Crippen molar-refractivity contribution in [3.8, 4) is 5.69 Å². The highest BCUT2D eigenvalue weighted by molar-refractivity contribution is 9.09. The zero-order chi connectivity index (χ0) is 15.5. The summed E-state index contributed by atoms with van der Waals surface area (Å²) in [4.78, 5) is 16.1. The Labute approximate surface area is 136 Å². The Morgan fingerprint density at radius 3 is 2.82 bits per heavy atom. The molecule has 0 unspecified atom stereocenters. The lowest BCUT2D eigenvalue weighted by atomic mass is 10.2. The number of benzene rings is 1. The van der Waals surface area contributed by atoms with Crippen LogP contribution in [0.3, 0.4) is 0 Å². The monoisotopic (exact) mass is 358 g/mol. The minimum Gasteiger partial charge on any atom is -0.325 e.